The van der Waals surface area contributed by atoms with Gasteiger partial charge in [0.15, 0.2) is 5.58 Å². The highest BCUT2D eigenvalue weighted by Crippen LogP contribution is 2.25. The SMILES string of the molecule is Cc1ccc2nc(-c3ccc(CNC(=O)C(F)(F)F)cc3)oc2c1. The average Bonchev–Trinajstić information content (AvgIpc) is 2.95. The fourth-order valence-corrected chi connectivity index (χ4v) is 2.20. The third-order valence-electron chi connectivity index (χ3n) is 3.46. The minimum absolute atomic E-state index is 0.203. The number of rotatable bonds is 3. The molecule has 1 aromatic heterocycles. The lowest BCUT2D eigenvalue weighted by Crippen LogP contribution is -2.36. The molecule has 0 saturated heterocycles. The summed E-state index contributed by atoms with van der Waals surface area (Å²) >= 11 is 0. The summed E-state index contributed by atoms with van der Waals surface area (Å²) in [5.41, 5.74) is 3.71. The lowest BCUT2D eigenvalue weighted by molar-refractivity contribution is -0.173. The van der Waals surface area contributed by atoms with Crippen LogP contribution in [0.3, 0.4) is 0 Å². The van der Waals surface area contributed by atoms with E-state index < -0.39 is 12.1 Å². The van der Waals surface area contributed by atoms with Crippen LogP contribution in [-0.4, -0.2) is 17.1 Å². The molecule has 0 atom stereocenters. The van der Waals surface area contributed by atoms with E-state index in [4.69, 9.17) is 4.42 Å². The molecule has 0 fully saturated rings. The zero-order valence-electron chi connectivity index (χ0n) is 12.6. The molecule has 7 heteroatoms. The number of hydrogen-bond acceptors (Lipinski definition) is 3. The fraction of sp³-hybridized carbons (Fsp3) is 0.176. The van der Waals surface area contributed by atoms with E-state index in [1.165, 1.54) is 0 Å². The van der Waals surface area contributed by atoms with Gasteiger partial charge < -0.3 is 9.73 Å². The van der Waals surface area contributed by atoms with Crippen molar-refractivity contribution in [1.29, 1.82) is 0 Å². The molecular weight excluding hydrogens is 321 g/mol. The second-order valence-corrected chi connectivity index (χ2v) is 5.37. The average molecular weight is 334 g/mol. The van der Waals surface area contributed by atoms with E-state index in [2.05, 4.69) is 4.98 Å². The van der Waals surface area contributed by atoms with Gasteiger partial charge in [0.2, 0.25) is 5.89 Å². The molecule has 0 unspecified atom stereocenters. The number of aromatic nitrogens is 1. The number of aryl methyl sites for hydroxylation is 1. The number of amides is 1. The van der Waals surface area contributed by atoms with Crippen molar-refractivity contribution >= 4 is 17.0 Å². The fourth-order valence-electron chi connectivity index (χ4n) is 2.20. The number of carbonyl (C=O) groups excluding carboxylic acids is 1. The Morgan fingerprint density at radius 2 is 1.88 bits per heavy atom. The van der Waals surface area contributed by atoms with E-state index in [0.717, 1.165) is 11.1 Å². The monoisotopic (exact) mass is 334 g/mol. The van der Waals surface area contributed by atoms with Gasteiger partial charge in [0, 0.05) is 12.1 Å². The Morgan fingerprint density at radius 1 is 1.17 bits per heavy atom. The van der Waals surface area contributed by atoms with Crippen LogP contribution in [0.25, 0.3) is 22.6 Å². The summed E-state index contributed by atoms with van der Waals surface area (Å²) in [6, 6.07) is 12.3. The molecule has 124 valence electrons. The zero-order chi connectivity index (χ0) is 17.3. The number of oxazole rings is 1. The first-order chi connectivity index (χ1) is 11.3. The molecular formula is C17H13F3N2O2. The molecule has 0 spiro atoms. The summed E-state index contributed by atoms with van der Waals surface area (Å²) in [6.07, 6.45) is -4.88. The van der Waals surface area contributed by atoms with E-state index in [9.17, 15) is 18.0 Å². The molecule has 0 aliphatic rings. The van der Waals surface area contributed by atoms with Crippen molar-refractivity contribution in [2.24, 2.45) is 0 Å². The van der Waals surface area contributed by atoms with Gasteiger partial charge >= 0.3 is 12.1 Å². The van der Waals surface area contributed by atoms with Crippen LogP contribution in [0, 0.1) is 6.92 Å². The molecule has 0 radical (unpaired) electrons. The Labute approximate surface area is 135 Å². The van der Waals surface area contributed by atoms with E-state index in [1.54, 1.807) is 24.3 Å². The van der Waals surface area contributed by atoms with Gasteiger partial charge in [0.25, 0.3) is 0 Å². The topological polar surface area (TPSA) is 55.1 Å². The van der Waals surface area contributed by atoms with Crippen LogP contribution in [-0.2, 0) is 11.3 Å². The largest absolute Gasteiger partial charge is 0.471 e. The molecule has 1 heterocycles. The van der Waals surface area contributed by atoms with Crippen LogP contribution >= 0.6 is 0 Å². The van der Waals surface area contributed by atoms with Crippen LogP contribution in [0.4, 0.5) is 13.2 Å². The highest BCUT2D eigenvalue weighted by Gasteiger charge is 2.38. The first kappa shape index (κ1) is 16.0. The van der Waals surface area contributed by atoms with Crippen LogP contribution in [0.1, 0.15) is 11.1 Å². The molecule has 24 heavy (non-hydrogen) atoms. The van der Waals surface area contributed by atoms with Crippen molar-refractivity contribution in [2.75, 3.05) is 0 Å². The first-order valence-corrected chi connectivity index (χ1v) is 7.14. The van der Waals surface area contributed by atoms with Crippen LogP contribution in [0.5, 0.6) is 0 Å². The standard InChI is InChI=1S/C17H13F3N2O2/c1-10-2-7-13-14(8-10)24-15(22-13)12-5-3-11(4-6-12)9-21-16(23)17(18,19)20/h2-8H,9H2,1H3,(H,21,23). The Morgan fingerprint density at radius 3 is 2.54 bits per heavy atom. The van der Waals surface area contributed by atoms with Crippen molar-refractivity contribution in [1.82, 2.24) is 10.3 Å². The number of alkyl halides is 3. The number of halogens is 3. The van der Waals surface area contributed by atoms with Crippen molar-refractivity contribution < 1.29 is 22.4 Å². The minimum atomic E-state index is -4.88. The molecule has 3 rings (SSSR count). The van der Waals surface area contributed by atoms with Gasteiger partial charge in [-0.05, 0) is 42.3 Å². The summed E-state index contributed by atoms with van der Waals surface area (Å²) < 4.78 is 42.1. The van der Waals surface area contributed by atoms with Crippen LogP contribution in [0.15, 0.2) is 46.9 Å². The molecule has 1 amide bonds. The van der Waals surface area contributed by atoms with Crippen LogP contribution in [0.2, 0.25) is 0 Å². The van der Waals surface area contributed by atoms with Crippen molar-refractivity contribution in [3.63, 3.8) is 0 Å². The van der Waals surface area contributed by atoms with Gasteiger partial charge in [0.1, 0.15) is 5.52 Å². The number of benzene rings is 2. The van der Waals surface area contributed by atoms with Gasteiger partial charge in [-0.25, -0.2) is 4.98 Å². The smallest absolute Gasteiger partial charge is 0.436 e. The summed E-state index contributed by atoms with van der Waals surface area (Å²) in [5, 5.41) is 1.82. The minimum Gasteiger partial charge on any atom is -0.436 e. The molecule has 0 saturated carbocycles. The van der Waals surface area contributed by atoms with Gasteiger partial charge in [0.05, 0.1) is 0 Å². The molecule has 1 N–H and O–H groups in total. The Bertz CT molecular complexity index is 883. The summed E-state index contributed by atoms with van der Waals surface area (Å²) in [5.74, 6) is -1.53. The summed E-state index contributed by atoms with van der Waals surface area (Å²) in [4.78, 5) is 15.2. The normalized spacial score (nSPS) is 11.7. The number of nitrogens with zero attached hydrogens (tertiary/aromatic N) is 1. The van der Waals surface area contributed by atoms with Crippen LogP contribution < -0.4 is 5.32 Å². The number of nitrogens with one attached hydrogen (secondary N) is 1. The van der Waals surface area contributed by atoms with E-state index in [0.29, 0.717) is 22.6 Å². The van der Waals surface area contributed by atoms with Crippen molar-refractivity contribution in [3.8, 4) is 11.5 Å². The maximum atomic E-state index is 12.1. The van der Waals surface area contributed by atoms with E-state index in [-0.39, 0.29) is 6.54 Å². The molecule has 0 aliphatic heterocycles. The Balaban J connectivity index is 1.75. The predicted octanol–water partition coefficient (Wildman–Crippen LogP) is 3.98. The van der Waals surface area contributed by atoms with Gasteiger partial charge in [-0.15, -0.1) is 0 Å². The molecule has 4 nitrogen and oxygen atoms in total. The third kappa shape index (κ3) is 3.40. The summed E-state index contributed by atoms with van der Waals surface area (Å²) in [6.45, 7) is 1.75. The Hall–Kier alpha value is -2.83. The quantitative estimate of drug-likeness (QED) is 0.788. The maximum absolute atomic E-state index is 12.1. The van der Waals surface area contributed by atoms with E-state index in [1.807, 2.05) is 30.4 Å². The van der Waals surface area contributed by atoms with E-state index >= 15 is 0 Å². The number of hydrogen-bond donors (Lipinski definition) is 1. The van der Waals surface area contributed by atoms with Gasteiger partial charge in [-0.3, -0.25) is 4.79 Å². The highest BCUT2D eigenvalue weighted by molar-refractivity contribution is 5.81. The predicted molar refractivity (Wildman–Crippen MR) is 82.1 cm³/mol. The lowest BCUT2D eigenvalue weighted by atomic mass is 10.1. The molecule has 0 bridgehead atoms. The number of fused-ring (bicyclic) bond motifs is 1. The number of carbonyl (C=O) groups is 1. The van der Waals surface area contributed by atoms with Gasteiger partial charge in [-0.1, -0.05) is 18.2 Å². The van der Waals surface area contributed by atoms with Crippen molar-refractivity contribution in [3.05, 3.63) is 53.6 Å². The third-order valence-corrected chi connectivity index (χ3v) is 3.46. The van der Waals surface area contributed by atoms with Gasteiger partial charge in [-0.2, -0.15) is 13.2 Å². The molecule has 3 aromatic rings. The highest BCUT2D eigenvalue weighted by atomic mass is 19.4. The van der Waals surface area contributed by atoms with Crippen molar-refractivity contribution in [2.45, 2.75) is 19.6 Å². The maximum Gasteiger partial charge on any atom is 0.471 e. The zero-order valence-corrected chi connectivity index (χ0v) is 12.6. The summed E-state index contributed by atoms with van der Waals surface area (Å²) in [7, 11) is 0. The second-order valence-electron chi connectivity index (χ2n) is 5.37. The first-order valence-electron chi connectivity index (χ1n) is 7.14. The molecule has 0 aliphatic carbocycles. The molecule has 2 aromatic carbocycles. The Kier molecular flexibility index (Phi) is 4.01. The lowest BCUT2D eigenvalue weighted by Gasteiger charge is -2.08. The second kappa shape index (κ2) is 5.99.